The number of ether oxygens (including phenoxy) is 3. The van der Waals surface area contributed by atoms with Crippen LogP contribution in [-0.2, 0) is 23.8 Å². The van der Waals surface area contributed by atoms with Gasteiger partial charge in [0.2, 0.25) is 0 Å². The smallest absolute Gasteiger partial charge is 0.306 e. The largest absolute Gasteiger partial charge is 0.462 e. The van der Waals surface area contributed by atoms with E-state index in [0.717, 1.165) is 32.1 Å². The second-order valence-corrected chi connectivity index (χ2v) is 20.3. The van der Waals surface area contributed by atoms with Crippen molar-refractivity contribution >= 4 is 11.9 Å². The highest BCUT2D eigenvalue weighted by Gasteiger charge is 2.18. The maximum atomic E-state index is 12.8. The average molecular weight is 906 g/mol. The quantitative estimate of drug-likeness (QED) is 0.0449. The van der Waals surface area contributed by atoms with Gasteiger partial charge >= 0.3 is 11.9 Å². The molecule has 1 atom stereocenters. The van der Waals surface area contributed by atoms with Gasteiger partial charge in [-0.25, -0.2) is 0 Å². The number of hydrogen-bond donors (Lipinski definition) is 0. The first-order valence-corrected chi connectivity index (χ1v) is 29.6. The van der Waals surface area contributed by atoms with Crippen LogP contribution in [0.3, 0.4) is 0 Å². The first kappa shape index (κ1) is 62.9. The standard InChI is InChI=1S/C59H116O5/c1-4-7-10-13-16-19-22-24-26-28-30-32-34-36-38-40-43-46-49-52-58(60)63-56-57(55-62-54-51-48-45-42-21-18-15-12-9-6-3)64-59(61)53-50-47-44-41-39-37-35-33-31-29-27-25-23-20-17-14-11-8-5-2/h57H,4-56H2,1-3H3. The Morgan fingerprint density at radius 1 is 0.281 bits per heavy atom. The fourth-order valence-electron chi connectivity index (χ4n) is 9.22. The normalized spacial score (nSPS) is 12.0. The third kappa shape index (κ3) is 53.5. The molecule has 0 radical (unpaired) electrons. The molecular formula is C59H116O5. The van der Waals surface area contributed by atoms with E-state index in [1.54, 1.807) is 0 Å². The molecule has 0 spiro atoms. The lowest BCUT2D eigenvalue weighted by Gasteiger charge is -2.18. The molecule has 0 aromatic heterocycles. The molecular weight excluding hydrogens is 789 g/mol. The monoisotopic (exact) mass is 905 g/mol. The molecule has 0 rings (SSSR count). The lowest BCUT2D eigenvalue weighted by atomic mass is 10.0. The van der Waals surface area contributed by atoms with Crippen LogP contribution in [0.4, 0.5) is 0 Å². The van der Waals surface area contributed by atoms with E-state index >= 15 is 0 Å². The van der Waals surface area contributed by atoms with Crippen LogP contribution in [0.15, 0.2) is 0 Å². The van der Waals surface area contributed by atoms with Gasteiger partial charge in [0.1, 0.15) is 6.61 Å². The van der Waals surface area contributed by atoms with E-state index in [0.29, 0.717) is 26.1 Å². The summed E-state index contributed by atoms with van der Waals surface area (Å²) < 4.78 is 17.5. The predicted molar refractivity (Wildman–Crippen MR) is 280 cm³/mol. The topological polar surface area (TPSA) is 61.8 Å². The summed E-state index contributed by atoms with van der Waals surface area (Å²) in [5.41, 5.74) is 0. The van der Waals surface area contributed by atoms with Crippen LogP contribution < -0.4 is 0 Å². The average Bonchev–Trinajstić information content (AvgIpc) is 3.30. The van der Waals surface area contributed by atoms with Gasteiger partial charge in [-0.1, -0.05) is 310 Å². The lowest BCUT2D eigenvalue weighted by molar-refractivity contribution is -0.163. The van der Waals surface area contributed by atoms with E-state index in [-0.39, 0.29) is 18.5 Å². The highest BCUT2D eigenvalue weighted by molar-refractivity contribution is 5.70. The Morgan fingerprint density at radius 3 is 0.797 bits per heavy atom. The molecule has 5 heteroatoms. The van der Waals surface area contributed by atoms with Crippen molar-refractivity contribution in [3.63, 3.8) is 0 Å². The molecule has 64 heavy (non-hydrogen) atoms. The fourth-order valence-corrected chi connectivity index (χ4v) is 9.22. The Balaban J connectivity index is 4.09. The molecule has 0 aliphatic heterocycles. The molecule has 0 bridgehead atoms. The van der Waals surface area contributed by atoms with Gasteiger partial charge in [0, 0.05) is 19.4 Å². The molecule has 0 N–H and O–H groups in total. The van der Waals surface area contributed by atoms with Gasteiger partial charge in [-0.15, -0.1) is 0 Å². The number of unbranched alkanes of at least 4 members (excludes halogenated alkanes) is 45. The van der Waals surface area contributed by atoms with Gasteiger partial charge in [-0.05, 0) is 19.3 Å². The molecule has 382 valence electrons. The summed E-state index contributed by atoms with van der Waals surface area (Å²) >= 11 is 0. The molecule has 0 amide bonds. The van der Waals surface area contributed by atoms with E-state index in [9.17, 15) is 9.59 Å². The minimum atomic E-state index is -0.523. The maximum Gasteiger partial charge on any atom is 0.306 e. The summed E-state index contributed by atoms with van der Waals surface area (Å²) in [6.07, 6.45) is 64.2. The molecule has 0 aromatic rings. The minimum absolute atomic E-state index is 0.0981. The molecule has 0 aliphatic carbocycles. The first-order chi connectivity index (χ1) is 31.6. The van der Waals surface area contributed by atoms with E-state index in [4.69, 9.17) is 14.2 Å². The summed E-state index contributed by atoms with van der Waals surface area (Å²) in [5.74, 6) is -0.365. The van der Waals surface area contributed by atoms with Crippen LogP contribution in [0, 0.1) is 0 Å². The van der Waals surface area contributed by atoms with Crippen molar-refractivity contribution in [1.82, 2.24) is 0 Å². The number of rotatable bonds is 56. The maximum absolute atomic E-state index is 12.8. The van der Waals surface area contributed by atoms with Gasteiger partial charge in [-0.2, -0.15) is 0 Å². The number of esters is 2. The summed E-state index contributed by atoms with van der Waals surface area (Å²) in [6, 6.07) is 0. The van der Waals surface area contributed by atoms with Gasteiger partial charge in [-0.3, -0.25) is 9.59 Å². The zero-order valence-electron chi connectivity index (χ0n) is 44.1. The summed E-state index contributed by atoms with van der Waals surface area (Å²) in [5, 5.41) is 0. The van der Waals surface area contributed by atoms with E-state index < -0.39 is 6.10 Å². The Morgan fingerprint density at radius 2 is 0.516 bits per heavy atom. The Hall–Kier alpha value is -1.10. The minimum Gasteiger partial charge on any atom is -0.462 e. The molecule has 0 saturated carbocycles. The van der Waals surface area contributed by atoms with Gasteiger partial charge in [0.25, 0.3) is 0 Å². The second kappa shape index (κ2) is 56.2. The van der Waals surface area contributed by atoms with Crippen LogP contribution in [0.5, 0.6) is 0 Å². The Bertz CT molecular complexity index is 891. The number of carbonyl (C=O) groups is 2. The van der Waals surface area contributed by atoms with Crippen molar-refractivity contribution in [3.05, 3.63) is 0 Å². The van der Waals surface area contributed by atoms with E-state index in [2.05, 4.69) is 20.8 Å². The van der Waals surface area contributed by atoms with Gasteiger partial charge < -0.3 is 14.2 Å². The van der Waals surface area contributed by atoms with Gasteiger partial charge in [0.15, 0.2) is 6.10 Å². The second-order valence-electron chi connectivity index (χ2n) is 20.3. The summed E-state index contributed by atoms with van der Waals surface area (Å²) in [6.45, 7) is 7.92. The van der Waals surface area contributed by atoms with Crippen molar-refractivity contribution in [1.29, 1.82) is 0 Å². The molecule has 0 saturated heterocycles. The zero-order chi connectivity index (χ0) is 46.3. The van der Waals surface area contributed by atoms with Crippen molar-refractivity contribution in [2.45, 2.75) is 348 Å². The van der Waals surface area contributed by atoms with E-state index in [1.807, 2.05) is 0 Å². The van der Waals surface area contributed by atoms with Crippen LogP contribution >= 0.6 is 0 Å². The number of carbonyl (C=O) groups excluding carboxylic acids is 2. The predicted octanol–water partition coefficient (Wildman–Crippen LogP) is 20.0. The molecule has 0 fully saturated rings. The SMILES string of the molecule is CCCCCCCCCCCCCCCCCCCCCC(=O)OCC(COCCCCCCCCCCCC)OC(=O)CCCCCCCCCCCCCCCCCCCCC. The Labute approximate surface area is 402 Å². The Kier molecular flexibility index (Phi) is 55.3. The van der Waals surface area contributed by atoms with Crippen LogP contribution in [-0.4, -0.2) is 37.9 Å². The fraction of sp³-hybridized carbons (Fsp3) is 0.966. The highest BCUT2D eigenvalue weighted by Crippen LogP contribution is 2.18. The van der Waals surface area contributed by atoms with Crippen molar-refractivity contribution in [2.24, 2.45) is 0 Å². The third-order valence-corrected chi connectivity index (χ3v) is 13.6. The van der Waals surface area contributed by atoms with Crippen LogP contribution in [0.25, 0.3) is 0 Å². The molecule has 1 unspecified atom stereocenters. The molecule has 0 heterocycles. The zero-order valence-corrected chi connectivity index (χ0v) is 44.1. The van der Waals surface area contributed by atoms with Crippen molar-refractivity contribution in [2.75, 3.05) is 19.8 Å². The van der Waals surface area contributed by atoms with Gasteiger partial charge in [0.05, 0.1) is 6.61 Å². The van der Waals surface area contributed by atoms with Crippen molar-refractivity contribution < 1.29 is 23.8 Å². The molecule has 0 aromatic carbocycles. The van der Waals surface area contributed by atoms with E-state index in [1.165, 1.54) is 276 Å². The first-order valence-electron chi connectivity index (χ1n) is 29.6. The van der Waals surface area contributed by atoms with Crippen LogP contribution in [0.2, 0.25) is 0 Å². The molecule has 5 nitrogen and oxygen atoms in total. The van der Waals surface area contributed by atoms with Crippen LogP contribution in [0.1, 0.15) is 342 Å². The third-order valence-electron chi connectivity index (χ3n) is 13.6. The number of hydrogen-bond acceptors (Lipinski definition) is 5. The summed E-state index contributed by atoms with van der Waals surface area (Å²) in [7, 11) is 0. The summed E-state index contributed by atoms with van der Waals surface area (Å²) in [4.78, 5) is 25.5. The van der Waals surface area contributed by atoms with Crippen molar-refractivity contribution in [3.8, 4) is 0 Å². The molecule has 0 aliphatic rings. The lowest BCUT2D eigenvalue weighted by Crippen LogP contribution is -2.30. The highest BCUT2D eigenvalue weighted by atomic mass is 16.6.